The summed E-state index contributed by atoms with van der Waals surface area (Å²) < 4.78 is 0. The van der Waals surface area contributed by atoms with Gasteiger partial charge in [0.15, 0.2) is 0 Å². The van der Waals surface area contributed by atoms with Gasteiger partial charge in [-0.15, -0.1) is 0 Å². The fourth-order valence-corrected chi connectivity index (χ4v) is 2.40. The number of non-ortho nitro benzene ring substituents is 1. The standard InChI is InChI=1S/C16H15ClN2O4/c17-14-5-1-3-12(9-14)7-8-18(16(20)21)11-13-4-2-6-15(10-13)19(22)23/h1-6,9-10H,7-8,11H2,(H,20,21). The molecule has 2 aromatic carbocycles. The number of hydrogen-bond acceptors (Lipinski definition) is 3. The van der Waals surface area contributed by atoms with Gasteiger partial charge >= 0.3 is 6.09 Å². The normalized spacial score (nSPS) is 10.3. The van der Waals surface area contributed by atoms with Gasteiger partial charge in [0.05, 0.1) is 4.92 Å². The summed E-state index contributed by atoms with van der Waals surface area (Å²) in [7, 11) is 0. The third-order valence-electron chi connectivity index (χ3n) is 3.32. The number of rotatable bonds is 6. The SMILES string of the molecule is O=C(O)N(CCc1cccc(Cl)c1)Cc1cccc([N+](=O)[O-])c1. The van der Waals surface area contributed by atoms with Gasteiger partial charge in [-0.25, -0.2) is 4.79 Å². The molecule has 0 unspecified atom stereocenters. The Morgan fingerprint density at radius 3 is 2.52 bits per heavy atom. The highest BCUT2D eigenvalue weighted by atomic mass is 35.5. The Kier molecular flexibility index (Phi) is 5.54. The van der Waals surface area contributed by atoms with Crippen LogP contribution in [0.4, 0.5) is 10.5 Å². The van der Waals surface area contributed by atoms with Crippen molar-refractivity contribution in [3.8, 4) is 0 Å². The van der Waals surface area contributed by atoms with Crippen molar-refractivity contribution in [3.63, 3.8) is 0 Å². The van der Waals surface area contributed by atoms with Crippen LogP contribution in [0.15, 0.2) is 48.5 Å². The summed E-state index contributed by atoms with van der Waals surface area (Å²) >= 11 is 5.91. The van der Waals surface area contributed by atoms with Gasteiger partial charge in [-0.05, 0) is 29.7 Å². The Morgan fingerprint density at radius 1 is 1.17 bits per heavy atom. The van der Waals surface area contributed by atoms with E-state index in [1.165, 1.54) is 17.0 Å². The Morgan fingerprint density at radius 2 is 1.87 bits per heavy atom. The van der Waals surface area contributed by atoms with E-state index in [0.717, 1.165) is 5.56 Å². The van der Waals surface area contributed by atoms with Crippen LogP contribution in [0.1, 0.15) is 11.1 Å². The Labute approximate surface area is 138 Å². The summed E-state index contributed by atoms with van der Waals surface area (Å²) in [6.07, 6.45) is -0.555. The van der Waals surface area contributed by atoms with Crippen LogP contribution in [0.5, 0.6) is 0 Å². The van der Waals surface area contributed by atoms with E-state index in [4.69, 9.17) is 11.6 Å². The van der Waals surface area contributed by atoms with Crippen molar-refractivity contribution in [2.45, 2.75) is 13.0 Å². The molecule has 0 aliphatic carbocycles. The summed E-state index contributed by atoms with van der Waals surface area (Å²) in [4.78, 5) is 22.9. The molecule has 0 radical (unpaired) electrons. The van der Waals surface area contributed by atoms with Crippen LogP contribution in [0, 0.1) is 10.1 Å². The maximum absolute atomic E-state index is 11.4. The van der Waals surface area contributed by atoms with E-state index in [-0.39, 0.29) is 18.8 Å². The van der Waals surface area contributed by atoms with E-state index in [1.54, 1.807) is 24.3 Å². The molecule has 0 saturated carbocycles. The van der Waals surface area contributed by atoms with E-state index in [9.17, 15) is 20.0 Å². The van der Waals surface area contributed by atoms with E-state index >= 15 is 0 Å². The van der Waals surface area contributed by atoms with Crippen LogP contribution >= 0.6 is 11.6 Å². The molecule has 0 aliphatic heterocycles. The van der Waals surface area contributed by atoms with Gasteiger partial charge < -0.3 is 10.0 Å². The molecule has 0 heterocycles. The molecule has 0 aliphatic rings. The molecule has 1 N–H and O–H groups in total. The first-order valence-corrected chi connectivity index (χ1v) is 7.29. The third-order valence-corrected chi connectivity index (χ3v) is 3.56. The van der Waals surface area contributed by atoms with E-state index < -0.39 is 11.0 Å². The molecule has 2 rings (SSSR count). The maximum Gasteiger partial charge on any atom is 0.407 e. The quantitative estimate of drug-likeness (QED) is 0.640. The van der Waals surface area contributed by atoms with Crippen molar-refractivity contribution in [2.75, 3.05) is 6.54 Å². The summed E-state index contributed by atoms with van der Waals surface area (Å²) in [5, 5.41) is 20.7. The van der Waals surface area contributed by atoms with Crippen LogP contribution in [0.2, 0.25) is 5.02 Å². The minimum atomic E-state index is -1.07. The Balaban J connectivity index is 2.05. The number of carbonyl (C=O) groups is 1. The summed E-state index contributed by atoms with van der Waals surface area (Å²) in [5.41, 5.74) is 1.46. The predicted octanol–water partition coefficient (Wildman–Crippen LogP) is 3.97. The van der Waals surface area contributed by atoms with Crippen LogP contribution in [0.3, 0.4) is 0 Å². The lowest BCUT2D eigenvalue weighted by atomic mass is 10.1. The average Bonchev–Trinajstić information content (AvgIpc) is 2.51. The number of halogens is 1. The lowest BCUT2D eigenvalue weighted by molar-refractivity contribution is -0.384. The molecule has 0 spiro atoms. The van der Waals surface area contributed by atoms with Gasteiger partial charge in [-0.3, -0.25) is 10.1 Å². The number of nitrogens with zero attached hydrogens (tertiary/aromatic N) is 2. The number of nitro groups is 1. The van der Waals surface area contributed by atoms with Gasteiger partial charge in [0.1, 0.15) is 0 Å². The van der Waals surface area contributed by atoms with Gasteiger partial charge in [0.25, 0.3) is 5.69 Å². The highest BCUT2D eigenvalue weighted by Gasteiger charge is 2.14. The smallest absolute Gasteiger partial charge is 0.407 e. The zero-order chi connectivity index (χ0) is 16.8. The summed E-state index contributed by atoms with van der Waals surface area (Å²) in [6.45, 7) is 0.371. The Hall–Kier alpha value is -2.60. The molecule has 2 aromatic rings. The second kappa shape index (κ2) is 7.60. The molecule has 6 nitrogen and oxygen atoms in total. The molecule has 0 bridgehead atoms. The first-order chi connectivity index (χ1) is 11.0. The largest absolute Gasteiger partial charge is 0.465 e. The van der Waals surface area contributed by atoms with Gasteiger partial charge in [0.2, 0.25) is 0 Å². The highest BCUT2D eigenvalue weighted by molar-refractivity contribution is 6.30. The zero-order valence-corrected chi connectivity index (χ0v) is 12.9. The molecule has 7 heteroatoms. The zero-order valence-electron chi connectivity index (χ0n) is 12.2. The third kappa shape index (κ3) is 4.96. The van der Waals surface area contributed by atoms with Crippen molar-refractivity contribution in [1.29, 1.82) is 0 Å². The molecule has 0 atom stereocenters. The second-order valence-electron chi connectivity index (χ2n) is 5.01. The number of benzene rings is 2. The van der Waals surface area contributed by atoms with Crippen LogP contribution in [-0.4, -0.2) is 27.6 Å². The molecule has 0 aromatic heterocycles. The van der Waals surface area contributed by atoms with Crippen molar-refractivity contribution >= 4 is 23.4 Å². The van der Waals surface area contributed by atoms with Crippen molar-refractivity contribution in [2.24, 2.45) is 0 Å². The molecule has 0 fully saturated rings. The molecular weight excluding hydrogens is 320 g/mol. The summed E-state index contributed by atoms with van der Waals surface area (Å²) in [6, 6.07) is 13.2. The van der Waals surface area contributed by atoms with Gasteiger partial charge in [-0.2, -0.15) is 0 Å². The predicted molar refractivity (Wildman–Crippen MR) is 86.7 cm³/mol. The number of hydrogen-bond donors (Lipinski definition) is 1. The summed E-state index contributed by atoms with van der Waals surface area (Å²) in [5.74, 6) is 0. The van der Waals surface area contributed by atoms with Crippen LogP contribution in [0.25, 0.3) is 0 Å². The number of nitro benzene ring substituents is 1. The van der Waals surface area contributed by atoms with Crippen LogP contribution in [-0.2, 0) is 13.0 Å². The van der Waals surface area contributed by atoms with Crippen LogP contribution < -0.4 is 0 Å². The average molecular weight is 335 g/mol. The van der Waals surface area contributed by atoms with E-state index in [0.29, 0.717) is 17.0 Å². The minimum absolute atomic E-state index is 0.0531. The van der Waals surface area contributed by atoms with E-state index in [1.807, 2.05) is 12.1 Å². The lowest BCUT2D eigenvalue weighted by Gasteiger charge is -2.19. The maximum atomic E-state index is 11.4. The number of amides is 1. The second-order valence-corrected chi connectivity index (χ2v) is 5.45. The molecule has 23 heavy (non-hydrogen) atoms. The highest BCUT2D eigenvalue weighted by Crippen LogP contribution is 2.16. The van der Waals surface area contributed by atoms with Gasteiger partial charge in [0, 0.05) is 30.2 Å². The fourth-order valence-electron chi connectivity index (χ4n) is 2.19. The first kappa shape index (κ1) is 16.8. The Bertz CT molecular complexity index is 721. The van der Waals surface area contributed by atoms with E-state index in [2.05, 4.69) is 0 Å². The van der Waals surface area contributed by atoms with Crippen molar-refractivity contribution in [3.05, 3.63) is 74.8 Å². The fraction of sp³-hybridized carbons (Fsp3) is 0.188. The molecule has 120 valence electrons. The lowest BCUT2D eigenvalue weighted by Crippen LogP contribution is -2.31. The molecule has 0 saturated heterocycles. The number of carboxylic acid groups (broad SMARTS) is 1. The molecule has 1 amide bonds. The topological polar surface area (TPSA) is 83.7 Å². The van der Waals surface area contributed by atoms with Crippen molar-refractivity contribution in [1.82, 2.24) is 4.90 Å². The minimum Gasteiger partial charge on any atom is -0.465 e. The monoisotopic (exact) mass is 334 g/mol. The molecular formula is C16H15ClN2O4. The first-order valence-electron chi connectivity index (χ1n) is 6.91. The van der Waals surface area contributed by atoms with Crippen molar-refractivity contribution < 1.29 is 14.8 Å². The van der Waals surface area contributed by atoms with Gasteiger partial charge in [-0.1, -0.05) is 35.9 Å².